The number of aryl methyl sites for hydroxylation is 1. The lowest BCUT2D eigenvalue weighted by molar-refractivity contribution is 0.598. The lowest BCUT2D eigenvalue weighted by Crippen LogP contribution is -2.14. The van der Waals surface area contributed by atoms with Crippen molar-refractivity contribution in [1.29, 1.82) is 0 Å². The maximum absolute atomic E-state index is 13.2. The highest BCUT2D eigenvalue weighted by Gasteiger charge is 2.17. The van der Waals surface area contributed by atoms with Gasteiger partial charge in [-0.05, 0) is 55.0 Å². The van der Waals surface area contributed by atoms with Crippen molar-refractivity contribution in [3.05, 3.63) is 78.0 Å². The monoisotopic (exact) mass is 372 g/mol. The number of anilines is 2. The van der Waals surface area contributed by atoms with Crippen LogP contribution in [0.1, 0.15) is 11.3 Å². The second-order valence-electron chi connectivity index (χ2n) is 5.62. The third kappa shape index (κ3) is 4.34. The van der Waals surface area contributed by atoms with Gasteiger partial charge in [-0.15, -0.1) is 0 Å². The van der Waals surface area contributed by atoms with Crippen LogP contribution in [0.25, 0.3) is 0 Å². The highest BCUT2D eigenvalue weighted by molar-refractivity contribution is 7.92. The van der Waals surface area contributed by atoms with Crippen LogP contribution in [0.2, 0.25) is 0 Å². The van der Waals surface area contributed by atoms with Crippen molar-refractivity contribution in [2.24, 2.45) is 0 Å². The fraction of sp³-hybridized carbons (Fsp3) is 0.111. The summed E-state index contributed by atoms with van der Waals surface area (Å²) < 4.78 is 40.5. The van der Waals surface area contributed by atoms with Gasteiger partial charge >= 0.3 is 0 Å². The molecule has 2 N–H and O–H groups in total. The Labute approximate surface area is 151 Å². The molecule has 8 heteroatoms. The van der Waals surface area contributed by atoms with Gasteiger partial charge < -0.3 is 5.32 Å². The average molecular weight is 372 g/mol. The van der Waals surface area contributed by atoms with Gasteiger partial charge in [0.05, 0.1) is 29.0 Å². The minimum absolute atomic E-state index is 0.0243. The normalized spacial score (nSPS) is 11.2. The molecule has 6 nitrogen and oxygen atoms in total. The summed E-state index contributed by atoms with van der Waals surface area (Å²) in [6, 6.07) is 12.4. The molecule has 0 radical (unpaired) electrons. The van der Waals surface area contributed by atoms with Crippen molar-refractivity contribution in [1.82, 2.24) is 9.97 Å². The number of sulfonamides is 1. The van der Waals surface area contributed by atoms with Crippen molar-refractivity contribution < 1.29 is 12.8 Å². The summed E-state index contributed by atoms with van der Waals surface area (Å²) in [5.74, 6) is 0.114. The zero-order valence-corrected chi connectivity index (χ0v) is 14.8. The number of aromatic nitrogens is 2. The van der Waals surface area contributed by atoms with Crippen molar-refractivity contribution in [2.75, 3.05) is 10.0 Å². The third-order valence-corrected chi connectivity index (χ3v) is 5.16. The quantitative estimate of drug-likeness (QED) is 0.693. The highest BCUT2D eigenvalue weighted by atomic mass is 32.2. The molecule has 2 heterocycles. The minimum Gasteiger partial charge on any atom is -0.364 e. The van der Waals surface area contributed by atoms with Gasteiger partial charge in [0, 0.05) is 6.20 Å². The molecule has 0 unspecified atom stereocenters. The van der Waals surface area contributed by atoms with E-state index in [0.717, 1.165) is 11.8 Å². The van der Waals surface area contributed by atoms with Crippen molar-refractivity contribution in [3.63, 3.8) is 0 Å². The number of rotatable bonds is 6. The molecule has 0 saturated carbocycles. The maximum atomic E-state index is 13.2. The lowest BCUT2D eigenvalue weighted by Gasteiger charge is -2.11. The Bertz CT molecular complexity index is 993. The van der Waals surface area contributed by atoms with Gasteiger partial charge in [-0.3, -0.25) is 9.71 Å². The van der Waals surface area contributed by atoms with Crippen LogP contribution >= 0.6 is 0 Å². The number of halogens is 1. The average Bonchev–Trinajstić information content (AvgIpc) is 2.61. The molecule has 3 aromatic rings. The Kier molecular flexibility index (Phi) is 5.13. The largest absolute Gasteiger partial charge is 0.364 e. The van der Waals surface area contributed by atoms with Crippen LogP contribution in [0.15, 0.2) is 65.8 Å². The van der Waals surface area contributed by atoms with E-state index in [9.17, 15) is 12.8 Å². The number of nitrogens with zero attached hydrogens (tertiary/aromatic N) is 2. The molecule has 0 aliphatic carbocycles. The van der Waals surface area contributed by atoms with Gasteiger partial charge in [0.25, 0.3) is 10.0 Å². The lowest BCUT2D eigenvalue weighted by atomic mass is 10.2. The van der Waals surface area contributed by atoms with Gasteiger partial charge in [0.2, 0.25) is 0 Å². The van der Waals surface area contributed by atoms with E-state index in [2.05, 4.69) is 20.0 Å². The minimum atomic E-state index is -3.82. The zero-order chi connectivity index (χ0) is 18.6. The van der Waals surface area contributed by atoms with Crippen molar-refractivity contribution in [2.45, 2.75) is 18.4 Å². The first kappa shape index (κ1) is 17.8. The standard InChI is InChI=1S/C18H17FN4O2S/c1-13-10-14(19)5-7-17(13)26(24,25)23-16-6-8-18(22-12-16)21-11-15-4-2-3-9-20-15/h2-10,12,23H,11H2,1H3,(H,21,22). The second kappa shape index (κ2) is 7.49. The number of hydrogen-bond donors (Lipinski definition) is 2. The molecule has 3 rings (SSSR count). The first-order valence-corrected chi connectivity index (χ1v) is 9.31. The van der Waals surface area contributed by atoms with Crippen molar-refractivity contribution >= 4 is 21.5 Å². The summed E-state index contributed by atoms with van der Waals surface area (Å²) in [6.07, 6.45) is 3.12. The van der Waals surface area contributed by atoms with Crippen LogP contribution in [-0.4, -0.2) is 18.4 Å². The number of benzene rings is 1. The first-order chi connectivity index (χ1) is 12.4. The Morgan fingerprint density at radius 1 is 1.08 bits per heavy atom. The van der Waals surface area contributed by atoms with E-state index in [4.69, 9.17) is 0 Å². The highest BCUT2D eigenvalue weighted by Crippen LogP contribution is 2.20. The fourth-order valence-corrected chi connectivity index (χ4v) is 3.64. The van der Waals surface area contributed by atoms with Crippen LogP contribution in [0, 0.1) is 12.7 Å². The molecule has 1 aromatic carbocycles. The molecular weight excluding hydrogens is 355 g/mol. The Morgan fingerprint density at radius 3 is 2.58 bits per heavy atom. The maximum Gasteiger partial charge on any atom is 0.262 e. The van der Waals surface area contributed by atoms with Crippen LogP contribution in [0.4, 0.5) is 15.9 Å². The molecule has 134 valence electrons. The molecular formula is C18H17FN4O2S. The predicted octanol–water partition coefficient (Wildman–Crippen LogP) is 3.34. The summed E-state index contributed by atoms with van der Waals surface area (Å²) in [4.78, 5) is 8.41. The Hall–Kier alpha value is -3.00. The van der Waals surface area contributed by atoms with E-state index < -0.39 is 15.8 Å². The number of nitrogens with one attached hydrogen (secondary N) is 2. The van der Waals surface area contributed by atoms with Gasteiger partial charge in [-0.2, -0.15) is 0 Å². The summed E-state index contributed by atoms with van der Waals surface area (Å²) in [6.45, 7) is 2.05. The molecule has 0 atom stereocenters. The van der Waals surface area contributed by atoms with E-state index in [-0.39, 0.29) is 4.90 Å². The molecule has 26 heavy (non-hydrogen) atoms. The van der Waals surface area contributed by atoms with E-state index in [0.29, 0.717) is 23.6 Å². The van der Waals surface area contributed by atoms with E-state index >= 15 is 0 Å². The van der Waals surface area contributed by atoms with Crippen LogP contribution in [-0.2, 0) is 16.6 Å². The van der Waals surface area contributed by atoms with Crippen molar-refractivity contribution in [3.8, 4) is 0 Å². The van der Waals surface area contributed by atoms with Crippen LogP contribution in [0.3, 0.4) is 0 Å². The van der Waals surface area contributed by atoms with Gasteiger partial charge in [0.1, 0.15) is 11.6 Å². The summed E-state index contributed by atoms with van der Waals surface area (Å²) in [5, 5.41) is 3.11. The second-order valence-corrected chi connectivity index (χ2v) is 7.27. The Balaban J connectivity index is 1.68. The van der Waals surface area contributed by atoms with Gasteiger partial charge in [0.15, 0.2) is 0 Å². The summed E-state index contributed by atoms with van der Waals surface area (Å²) in [5.41, 5.74) is 1.52. The fourth-order valence-electron chi connectivity index (χ4n) is 2.37. The SMILES string of the molecule is Cc1cc(F)ccc1S(=O)(=O)Nc1ccc(NCc2ccccn2)nc1. The van der Waals surface area contributed by atoms with E-state index in [1.165, 1.54) is 18.3 Å². The zero-order valence-electron chi connectivity index (χ0n) is 14.0. The third-order valence-electron chi connectivity index (χ3n) is 3.62. The topological polar surface area (TPSA) is 84.0 Å². The molecule has 0 saturated heterocycles. The molecule has 0 amide bonds. The van der Waals surface area contributed by atoms with Gasteiger partial charge in [-0.1, -0.05) is 6.07 Å². The molecule has 2 aromatic heterocycles. The first-order valence-electron chi connectivity index (χ1n) is 7.83. The smallest absolute Gasteiger partial charge is 0.262 e. The molecule has 0 fully saturated rings. The van der Waals surface area contributed by atoms with Gasteiger partial charge in [-0.25, -0.2) is 17.8 Å². The van der Waals surface area contributed by atoms with E-state index in [1.807, 2.05) is 18.2 Å². The van der Waals surface area contributed by atoms with E-state index in [1.54, 1.807) is 25.3 Å². The summed E-state index contributed by atoms with van der Waals surface area (Å²) >= 11 is 0. The molecule has 0 bridgehead atoms. The number of hydrogen-bond acceptors (Lipinski definition) is 5. The molecule has 0 aliphatic rings. The molecule has 0 spiro atoms. The predicted molar refractivity (Wildman–Crippen MR) is 97.7 cm³/mol. The number of pyridine rings is 2. The Morgan fingerprint density at radius 2 is 1.92 bits per heavy atom. The molecule has 0 aliphatic heterocycles. The summed E-state index contributed by atoms with van der Waals surface area (Å²) in [7, 11) is -3.82. The van der Waals surface area contributed by atoms with Crippen LogP contribution < -0.4 is 10.0 Å². The van der Waals surface area contributed by atoms with Crippen LogP contribution in [0.5, 0.6) is 0 Å².